The van der Waals surface area contributed by atoms with Gasteiger partial charge in [-0.15, -0.1) is 0 Å². The molecule has 0 radical (unpaired) electrons. The lowest BCUT2D eigenvalue weighted by Crippen LogP contribution is -2.45. The maximum absolute atomic E-state index is 11.2. The van der Waals surface area contributed by atoms with Crippen molar-refractivity contribution in [3.8, 4) is 0 Å². The first-order valence-electron chi connectivity index (χ1n) is 4.46. The number of benzene rings is 1. The topological polar surface area (TPSA) is 43.1 Å². The molecular formula is C11H14INO. The van der Waals surface area contributed by atoms with E-state index < -0.39 is 5.54 Å². The maximum atomic E-state index is 11.2. The maximum Gasteiger partial charge on any atom is 0.149 e. The van der Waals surface area contributed by atoms with Gasteiger partial charge in [-0.3, -0.25) is 4.79 Å². The van der Waals surface area contributed by atoms with Crippen LogP contribution in [0.4, 0.5) is 0 Å². The standard InChI is InChI=1S/C11H14INO/c1-8(14)11(2,13)7-9-3-5-10(12)6-4-9/h3-6H,7,13H2,1-2H3/t11-/m1/s1. The largest absolute Gasteiger partial charge is 0.319 e. The van der Waals surface area contributed by atoms with Crippen molar-refractivity contribution in [2.24, 2.45) is 5.73 Å². The highest BCUT2D eigenvalue weighted by Gasteiger charge is 2.24. The SMILES string of the molecule is CC(=O)[C@](C)(N)Cc1ccc(I)cc1. The zero-order valence-electron chi connectivity index (χ0n) is 8.38. The predicted molar refractivity (Wildman–Crippen MR) is 66.1 cm³/mol. The van der Waals surface area contributed by atoms with Crippen molar-refractivity contribution >= 4 is 28.4 Å². The van der Waals surface area contributed by atoms with Gasteiger partial charge in [-0.2, -0.15) is 0 Å². The van der Waals surface area contributed by atoms with E-state index in [0.29, 0.717) is 6.42 Å². The Kier molecular flexibility index (Phi) is 3.66. The molecule has 0 aliphatic heterocycles. The second-order valence-corrected chi connectivity index (χ2v) is 5.02. The molecule has 0 saturated carbocycles. The fourth-order valence-corrected chi connectivity index (χ4v) is 1.51. The van der Waals surface area contributed by atoms with Crippen molar-refractivity contribution in [2.45, 2.75) is 25.8 Å². The van der Waals surface area contributed by atoms with Crippen LogP contribution in [0.5, 0.6) is 0 Å². The van der Waals surface area contributed by atoms with E-state index in [2.05, 4.69) is 22.6 Å². The van der Waals surface area contributed by atoms with Gasteiger partial charge in [-0.25, -0.2) is 0 Å². The first-order chi connectivity index (χ1) is 6.42. The number of ketones is 1. The van der Waals surface area contributed by atoms with Crippen LogP contribution < -0.4 is 5.73 Å². The third kappa shape index (κ3) is 3.06. The fourth-order valence-electron chi connectivity index (χ4n) is 1.15. The summed E-state index contributed by atoms with van der Waals surface area (Å²) in [7, 11) is 0. The number of nitrogens with two attached hydrogens (primary N) is 1. The third-order valence-electron chi connectivity index (χ3n) is 2.29. The Bertz CT molecular complexity index is 330. The van der Waals surface area contributed by atoms with Crippen molar-refractivity contribution < 1.29 is 4.79 Å². The van der Waals surface area contributed by atoms with Gasteiger partial charge in [0.25, 0.3) is 0 Å². The highest BCUT2D eigenvalue weighted by molar-refractivity contribution is 14.1. The summed E-state index contributed by atoms with van der Waals surface area (Å²) in [6.07, 6.45) is 0.596. The Labute approximate surface area is 98.0 Å². The number of Topliss-reactive ketones (excluding diaryl/α,β-unsaturated/α-hetero) is 1. The van der Waals surface area contributed by atoms with Crippen LogP contribution in [-0.4, -0.2) is 11.3 Å². The molecule has 0 aliphatic rings. The van der Waals surface area contributed by atoms with E-state index in [1.165, 1.54) is 10.5 Å². The van der Waals surface area contributed by atoms with Crippen LogP contribution in [0.2, 0.25) is 0 Å². The molecule has 0 amide bonds. The number of halogens is 1. The monoisotopic (exact) mass is 303 g/mol. The summed E-state index contributed by atoms with van der Waals surface area (Å²) >= 11 is 2.25. The molecule has 0 unspecified atom stereocenters. The van der Waals surface area contributed by atoms with Crippen molar-refractivity contribution in [3.63, 3.8) is 0 Å². The molecule has 0 heterocycles. The molecule has 1 atom stereocenters. The molecule has 1 rings (SSSR count). The molecule has 0 bridgehead atoms. The Balaban J connectivity index is 2.79. The van der Waals surface area contributed by atoms with Gasteiger partial charge in [0.15, 0.2) is 0 Å². The van der Waals surface area contributed by atoms with Gasteiger partial charge in [0.1, 0.15) is 5.78 Å². The van der Waals surface area contributed by atoms with Gasteiger partial charge in [0.05, 0.1) is 5.54 Å². The first-order valence-corrected chi connectivity index (χ1v) is 5.54. The Morgan fingerprint density at radius 3 is 2.36 bits per heavy atom. The van der Waals surface area contributed by atoms with E-state index in [1.807, 2.05) is 24.3 Å². The van der Waals surface area contributed by atoms with E-state index in [0.717, 1.165) is 5.56 Å². The summed E-state index contributed by atoms with van der Waals surface area (Å²) in [5, 5.41) is 0. The van der Waals surface area contributed by atoms with Crippen LogP contribution in [0.1, 0.15) is 19.4 Å². The molecule has 0 spiro atoms. The van der Waals surface area contributed by atoms with Crippen LogP contribution in [0.3, 0.4) is 0 Å². The van der Waals surface area contributed by atoms with Crippen LogP contribution in [0, 0.1) is 3.57 Å². The normalized spacial score (nSPS) is 14.9. The van der Waals surface area contributed by atoms with Crippen LogP contribution in [0.15, 0.2) is 24.3 Å². The molecule has 0 fully saturated rings. The molecule has 2 nitrogen and oxygen atoms in total. The Morgan fingerprint density at radius 1 is 1.43 bits per heavy atom. The molecule has 0 saturated heterocycles. The quantitative estimate of drug-likeness (QED) is 0.869. The van der Waals surface area contributed by atoms with Crippen molar-refractivity contribution in [1.29, 1.82) is 0 Å². The average molecular weight is 303 g/mol. The first kappa shape index (κ1) is 11.7. The number of hydrogen-bond acceptors (Lipinski definition) is 2. The van der Waals surface area contributed by atoms with Crippen LogP contribution in [-0.2, 0) is 11.2 Å². The highest BCUT2D eigenvalue weighted by Crippen LogP contribution is 2.13. The molecule has 3 heteroatoms. The van der Waals surface area contributed by atoms with Gasteiger partial charge in [-0.1, -0.05) is 12.1 Å². The Hall–Kier alpha value is -0.420. The lowest BCUT2D eigenvalue weighted by atomic mass is 9.90. The zero-order chi connectivity index (χ0) is 10.8. The summed E-state index contributed by atoms with van der Waals surface area (Å²) in [6, 6.07) is 8.06. The Morgan fingerprint density at radius 2 is 1.93 bits per heavy atom. The minimum atomic E-state index is -0.743. The van der Waals surface area contributed by atoms with Gasteiger partial charge in [0.2, 0.25) is 0 Å². The molecule has 1 aromatic carbocycles. The molecule has 14 heavy (non-hydrogen) atoms. The summed E-state index contributed by atoms with van der Waals surface area (Å²) in [4.78, 5) is 11.2. The van der Waals surface area contributed by atoms with E-state index in [9.17, 15) is 4.79 Å². The molecule has 0 aromatic heterocycles. The van der Waals surface area contributed by atoms with E-state index in [4.69, 9.17) is 5.73 Å². The lowest BCUT2D eigenvalue weighted by molar-refractivity contribution is -0.121. The van der Waals surface area contributed by atoms with Crippen LogP contribution >= 0.6 is 22.6 Å². The summed E-state index contributed by atoms with van der Waals surface area (Å²) < 4.78 is 1.19. The second kappa shape index (κ2) is 4.40. The summed E-state index contributed by atoms with van der Waals surface area (Å²) in [6.45, 7) is 3.31. The van der Waals surface area contributed by atoms with Gasteiger partial charge in [0, 0.05) is 3.57 Å². The van der Waals surface area contributed by atoms with Crippen molar-refractivity contribution in [1.82, 2.24) is 0 Å². The van der Waals surface area contributed by atoms with E-state index >= 15 is 0 Å². The second-order valence-electron chi connectivity index (χ2n) is 3.78. The van der Waals surface area contributed by atoms with Gasteiger partial charge < -0.3 is 5.73 Å². The smallest absolute Gasteiger partial charge is 0.149 e. The third-order valence-corrected chi connectivity index (χ3v) is 3.01. The number of hydrogen-bond donors (Lipinski definition) is 1. The molecule has 1 aromatic rings. The van der Waals surface area contributed by atoms with Crippen molar-refractivity contribution in [3.05, 3.63) is 33.4 Å². The molecule has 0 aliphatic carbocycles. The molecule has 2 N–H and O–H groups in total. The van der Waals surface area contributed by atoms with Gasteiger partial charge >= 0.3 is 0 Å². The minimum absolute atomic E-state index is 0.0241. The summed E-state index contributed by atoms with van der Waals surface area (Å²) in [5.41, 5.74) is 6.24. The number of carbonyl (C=O) groups excluding carboxylic acids is 1. The van der Waals surface area contributed by atoms with E-state index in [1.54, 1.807) is 6.92 Å². The number of rotatable bonds is 3. The molecular weight excluding hydrogens is 289 g/mol. The molecule has 76 valence electrons. The number of carbonyl (C=O) groups is 1. The van der Waals surface area contributed by atoms with Crippen LogP contribution in [0.25, 0.3) is 0 Å². The predicted octanol–water partition coefficient (Wildman–Crippen LogP) is 2.14. The summed E-state index contributed by atoms with van der Waals surface area (Å²) in [5.74, 6) is 0.0241. The fraction of sp³-hybridized carbons (Fsp3) is 0.364. The van der Waals surface area contributed by atoms with Crippen molar-refractivity contribution in [2.75, 3.05) is 0 Å². The van der Waals surface area contributed by atoms with Gasteiger partial charge in [-0.05, 0) is 60.6 Å². The van der Waals surface area contributed by atoms with E-state index in [-0.39, 0.29) is 5.78 Å². The zero-order valence-corrected chi connectivity index (χ0v) is 10.5. The highest BCUT2D eigenvalue weighted by atomic mass is 127. The minimum Gasteiger partial charge on any atom is -0.319 e. The average Bonchev–Trinajstić information content (AvgIpc) is 2.08. The lowest BCUT2D eigenvalue weighted by Gasteiger charge is -2.20.